The van der Waals surface area contributed by atoms with E-state index < -0.39 is 0 Å². The van der Waals surface area contributed by atoms with Gasteiger partial charge in [0, 0.05) is 28.7 Å². The highest BCUT2D eigenvalue weighted by Gasteiger charge is 2.41. The van der Waals surface area contributed by atoms with Crippen LogP contribution in [-0.4, -0.2) is 13.1 Å². The number of nitrogens with zero attached hydrogens (tertiary/aromatic N) is 1. The molecule has 94 valence electrons. The highest BCUT2D eigenvalue weighted by atomic mass is 79.9. The summed E-state index contributed by atoms with van der Waals surface area (Å²) < 4.78 is 1.18. The van der Waals surface area contributed by atoms with Crippen LogP contribution in [0.25, 0.3) is 0 Å². The van der Waals surface area contributed by atoms with Crippen LogP contribution in [0.1, 0.15) is 39.5 Å². The molecule has 0 N–H and O–H groups in total. The summed E-state index contributed by atoms with van der Waals surface area (Å²) in [5.41, 5.74) is 1.97. The molecule has 1 nitrogen and oxygen atoms in total. The molecule has 0 unspecified atom stereocenters. The molecular weight excluding hydrogens is 274 g/mol. The monoisotopic (exact) mass is 295 g/mol. The molecule has 0 amide bonds. The van der Waals surface area contributed by atoms with Gasteiger partial charge in [-0.25, -0.2) is 0 Å². The molecule has 0 radical (unpaired) electrons. The van der Waals surface area contributed by atoms with Crippen molar-refractivity contribution < 1.29 is 0 Å². The van der Waals surface area contributed by atoms with Crippen molar-refractivity contribution in [1.82, 2.24) is 0 Å². The van der Waals surface area contributed by atoms with Gasteiger partial charge in [-0.2, -0.15) is 0 Å². The van der Waals surface area contributed by atoms with Crippen molar-refractivity contribution in [3.8, 4) is 0 Å². The molecule has 0 atom stereocenters. The van der Waals surface area contributed by atoms with Gasteiger partial charge in [0.1, 0.15) is 0 Å². The van der Waals surface area contributed by atoms with Crippen LogP contribution in [0.5, 0.6) is 0 Å². The van der Waals surface area contributed by atoms with E-state index >= 15 is 0 Å². The van der Waals surface area contributed by atoms with E-state index in [9.17, 15) is 0 Å². The minimum atomic E-state index is 0.603. The fourth-order valence-electron chi connectivity index (χ4n) is 3.12. The maximum Gasteiger partial charge on any atom is 0.0377 e. The highest BCUT2D eigenvalue weighted by Crippen LogP contribution is 2.42. The van der Waals surface area contributed by atoms with Gasteiger partial charge in [-0.15, -0.1) is 0 Å². The lowest BCUT2D eigenvalue weighted by Gasteiger charge is -2.52. The van der Waals surface area contributed by atoms with Crippen LogP contribution in [0.4, 0.5) is 5.69 Å². The quantitative estimate of drug-likeness (QED) is 0.750. The highest BCUT2D eigenvalue weighted by molar-refractivity contribution is 9.10. The number of rotatable bonds is 5. The van der Waals surface area contributed by atoms with E-state index in [1.54, 1.807) is 0 Å². The zero-order valence-corrected chi connectivity index (χ0v) is 12.5. The van der Waals surface area contributed by atoms with Gasteiger partial charge >= 0.3 is 0 Å². The Morgan fingerprint density at radius 1 is 1.18 bits per heavy atom. The maximum atomic E-state index is 3.55. The van der Waals surface area contributed by atoms with E-state index in [1.165, 1.54) is 48.9 Å². The molecule has 1 heterocycles. The van der Waals surface area contributed by atoms with E-state index in [0.29, 0.717) is 5.41 Å². The summed E-state index contributed by atoms with van der Waals surface area (Å²) in [5, 5.41) is 0. The van der Waals surface area contributed by atoms with Gasteiger partial charge in [-0.05, 0) is 31.0 Å². The number of anilines is 1. The summed E-state index contributed by atoms with van der Waals surface area (Å²) in [6.45, 7) is 7.09. The molecule has 1 fully saturated rings. The van der Waals surface area contributed by atoms with Crippen molar-refractivity contribution in [2.45, 2.75) is 39.5 Å². The Morgan fingerprint density at radius 2 is 1.82 bits per heavy atom. The molecule has 0 aliphatic carbocycles. The summed E-state index contributed by atoms with van der Waals surface area (Å²) in [6, 6.07) is 8.65. The van der Waals surface area contributed by atoms with E-state index in [-0.39, 0.29) is 0 Å². The molecule has 2 rings (SSSR count). The third-order valence-electron chi connectivity index (χ3n) is 3.79. The van der Waals surface area contributed by atoms with Gasteiger partial charge < -0.3 is 4.90 Å². The lowest BCUT2D eigenvalue weighted by Crippen LogP contribution is -2.56. The Labute approximate surface area is 113 Å². The first kappa shape index (κ1) is 12.9. The predicted molar refractivity (Wildman–Crippen MR) is 78.6 cm³/mol. The number of halogens is 1. The fourth-order valence-corrected chi connectivity index (χ4v) is 3.51. The standard InChI is InChI=1S/C15H22BrN/c1-3-8-15(9-4-2)11-17(12-15)14-7-5-6-13(16)10-14/h5-7,10H,3-4,8-9,11-12H2,1-2H3. The topological polar surface area (TPSA) is 3.24 Å². The van der Waals surface area contributed by atoms with Crippen molar-refractivity contribution in [2.75, 3.05) is 18.0 Å². The van der Waals surface area contributed by atoms with Crippen LogP contribution in [-0.2, 0) is 0 Å². The number of benzene rings is 1. The Hall–Kier alpha value is -0.500. The van der Waals surface area contributed by atoms with Gasteiger partial charge in [0.25, 0.3) is 0 Å². The molecule has 0 aromatic heterocycles. The molecule has 0 bridgehead atoms. The summed E-state index contributed by atoms with van der Waals surface area (Å²) in [7, 11) is 0. The molecule has 2 heteroatoms. The van der Waals surface area contributed by atoms with Gasteiger partial charge in [0.2, 0.25) is 0 Å². The summed E-state index contributed by atoms with van der Waals surface area (Å²) >= 11 is 3.55. The van der Waals surface area contributed by atoms with Crippen LogP contribution >= 0.6 is 15.9 Å². The Balaban J connectivity index is 2.00. The van der Waals surface area contributed by atoms with E-state index in [1.807, 2.05) is 0 Å². The maximum absolute atomic E-state index is 3.55. The molecular formula is C15H22BrN. The van der Waals surface area contributed by atoms with Gasteiger partial charge in [-0.3, -0.25) is 0 Å². The predicted octanol–water partition coefficient (Wildman–Crippen LogP) is 4.86. The lowest BCUT2D eigenvalue weighted by atomic mass is 9.72. The molecule has 1 saturated heterocycles. The molecule has 17 heavy (non-hydrogen) atoms. The van der Waals surface area contributed by atoms with Crippen molar-refractivity contribution in [1.29, 1.82) is 0 Å². The summed E-state index contributed by atoms with van der Waals surface area (Å²) in [6.07, 6.45) is 5.38. The van der Waals surface area contributed by atoms with E-state index in [2.05, 4.69) is 58.9 Å². The Bertz CT molecular complexity index is 361. The van der Waals surface area contributed by atoms with Crippen molar-refractivity contribution in [2.24, 2.45) is 5.41 Å². The first-order valence-electron chi connectivity index (χ1n) is 6.69. The summed E-state index contributed by atoms with van der Waals surface area (Å²) in [4.78, 5) is 2.51. The molecule has 0 spiro atoms. The van der Waals surface area contributed by atoms with Gasteiger partial charge in [0.15, 0.2) is 0 Å². The van der Waals surface area contributed by atoms with Crippen LogP contribution in [0.2, 0.25) is 0 Å². The van der Waals surface area contributed by atoms with Crippen molar-refractivity contribution in [3.63, 3.8) is 0 Å². The largest absolute Gasteiger partial charge is 0.370 e. The number of hydrogen-bond acceptors (Lipinski definition) is 1. The second-order valence-corrected chi connectivity index (χ2v) is 6.25. The first-order valence-corrected chi connectivity index (χ1v) is 7.49. The zero-order valence-electron chi connectivity index (χ0n) is 10.9. The zero-order chi connectivity index (χ0) is 12.3. The smallest absolute Gasteiger partial charge is 0.0377 e. The average Bonchev–Trinajstić information content (AvgIpc) is 2.25. The van der Waals surface area contributed by atoms with Crippen LogP contribution in [0.3, 0.4) is 0 Å². The van der Waals surface area contributed by atoms with Crippen LogP contribution in [0, 0.1) is 5.41 Å². The van der Waals surface area contributed by atoms with Crippen LogP contribution in [0.15, 0.2) is 28.7 Å². The third-order valence-corrected chi connectivity index (χ3v) is 4.28. The minimum absolute atomic E-state index is 0.603. The molecule has 1 aromatic carbocycles. The summed E-state index contributed by atoms with van der Waals surface area (Å²) in [5.74, 6) is 0. The minimum Gasteiger partial charge on any atom is -0.370 e. The normalized spacial score (nSPS) is 17.9. The van der Waals surface area contributed by atoms with E-state index in [0.717, 1.165) is 0 Å². The third kappa shape index (κ3) is 2.85. The SMILES string of the molecule is CCCC1(CCC)CN(c2cccc(Br)c2)C1. The second-order valence-electron chi connectivity index (χ2n) is 5.34. The number of hydrogen-bond donors (Lipinski definition) is 0. The molecule has 1 aliphatic heterocycles. The van der Waals surface area contributed by atoms with Crippen LogP contribution < -0.4 is 4.90 Å². The van der Waals surface area contributed by atoms with Gasteiger partial charge in [0.05, 0.1) is 0 Å². The van der Waals surface area contributed by atoms with Gasteiger partial charge in [-0.1, -0.05) is 48.7 Å². The lowest BCUT2D eigenvalue weighted by molar-refractivity contribution is 0.173. The average molecular weight is 296 g/mol. The molecule has 0 saturated carbocycles. The van der Waals surface area contributed by atoms with Crippen molar-refractivity contribution >= 4 is 21.6 Å². The molecule has 1 aromatic rings. The fraction of sp³-hybridized carbons (Fsp3) is 0.600. The van der Waals surface area contributed by atoms with Crippen molar-refractivity contribution in [3.05, 3.63) is 28.7 Å². The Kier molecular flexibility index (Phi) is 4.13. The van der Waals surface area contributed by atoms with E-state index in [4.69, 9.17) is 0 Å². The molecule has 1 aliphatic rings. The first-order chi connectivity index (χ1) is 8.19. The second kappa shape index (κ2) is 5.43. The Morgan fingerprint density at radius 3 is 2.35 bits per heavy atom.